The molecule has 2 unspecified atom stereocenters. The van der Waals surface area contributed by atoms with Gasteiger partial charge in [0.1, 0.15) is 0 Å². The molecule has 0 saturated carbocycles. The molecular weight excluding hydrogens is 308 g/mol. The average Bonchev–Trinajstić information content (AvgIpc) is 2.40. The largest absolute Gasteiger partial charge is 0.487 e. The Bertz CT molecular complexity index is 414. The molecule has 5 heteroatoms. The van der Waals surface area contributed by atoms with Crippen LogP contribution in [0.3, 0.4) is 0 Å². The van der Waals surface area contributed by atoms with Crippen molar-refractivity contribution in [2.75, 3.05) is 23.4 Å². The van der Waals surface area contributed by atoms with E-state index < -0.39 is 0 Å². The lowest BCUT2D eigenvalue weighted by Gasteiger charge is -2.39. The number of hydrogen-bond acceptors (Lipinski definition) is 4. The van der Waals surface area contributed by atoms with Gasteiger partial charge in [0.05, 0.1) is 24.9 Å². The van der Waals surface area contributed by atoms with Gasteiger partial charge in [-0.05, 0) is 32.9 Å². The Kier molecular flexibility index (Phi) is 5.05. The molecule has 1 aromatic rings. The summed E-state index contributed by atoms with van der Waals surface area (Å²) in [5.41, 5.74) is 0. The summed E-state index contributed by atoms with van der Waals surface area (Å²) in [5, 5.41) is 0.837. The van der Waals surface area contributed by atoms with Crippen LogP contribution in [-0.2, 0) is 4.74 Å². The van der Waals surface area contributed by atoms with Crippen LogP contribution in [0.1, 0.15) is 20.8 Å². The molecule has 1 aliphatic heterocycles. The maximum Gasteiger partial charge on any atom is 0.171 e. The molecule has 106 valence electrons. The van der Waals surface area contributed by atoms with Gasteiger partial charge in [0.25, 0.3) is 0 Å². The standard InChI is InChI=1S/C14H21BrN2O2/c1-10(2)19-13-5-4-6-16-14(13)17-8-12(7-15)18-9-11(17)3/h4-6,10-12H,7-9H2,1-3H3. The van der Waals surface area contributed by atoms with Crippen molar-refractivity contribution in [1.82, 2.24) is 4.98 Å². The Morgan fingerprint density at radius 3 is 3.05 bits per heavy atom. The number of hydrogen-bond donors (Lipinski definition) is 0. The van der Waals surface area contributed by atoms with Gasteiger partial charge in [0, 0.05) is 18.1 Å². The smallest absolute Gasteiger partial charge is 0.171 e. The monoisotopic (exact) mass is 328 g/mol. The van der Waals surface area contributed by atoms with E-state index in [2.05, 4.69) is 32.7 Å². The first-order valence-corrected chi connectivity index (χ1v) is 7.79. The van der Waals surface area contributed by atoms with Gasteiger partial charge in [0.2, 0.25) is 0 Å². The van der Waals surface area contributed by atoms with Gasteiger partial charge in [-0.1, -0.05) is 15.9 Å². The molecule has 0 radical (unpaired) electrons. The topological polar surface area (TPSA) is 34.6 Å². The van der Waals surface area contributed by atoms with Crippen molar-refractivity contribution in [2.45, 2.75) is 39.0 Å². The van der Waals surface area contributed by atoms with Crippen LogP contribution in [0, 0.1) is 0 Å². The normalized spacial score (nSPS) is 23.7. The number of morpholine rings is 1. The Balaban J connectivity index is 2.23. The third kappa shape index (κ3) is 3.60. The van der Waals surface area contributed by atoms with Crippen LogP contribution >= 0.6 is 15.9 Å². The van der Waals surface area contributed by atoms with Crippen molar-refractivity contribution in [3.05, 3.63) is 18.3 Å². The van der Waals surface area contributed by atoms with E-state index in [0.717, 1.165) is 23.4 Å². The van der Waals surface area contributed by atoms with Gasteiger partial charge in [-0.3, -0.25) is 0 Å². The predicted octanol–water partition coefficient (Wildman–Crippen LogP) is 2.86. The molecule has 1 aromatic heterocycles. The minimum absolute atomic E-state index is 0.145. The highest BCUT2D eigenvalue weighted by Gasteiger charge is 2.28. The number of anilines is 1. The van der Waals surface area contributed by atoms with Gasteiger partial charge in [-0.15, -0.1) is 0 Å². The maximum atomic E-state index is 5.86. The van der Waals surface area contributed by atoms with Crippen LogP contribution in [0.5, 0.6) is 5.75 Å². The number of aromatic nitrogens is 1. The van der Waals surface area contributed by atoms with E-state index in [1.165, 1.54) is 0 Å². The zero-order valence-corrected chi connectivity index (χ0v) is 13.3. The Labute approximate surface area is 123 Å². The molecule has 1 saturated heterocycles. The number of pyridine rings is 1. The molecule has 2 atom stereocenters. The van der Waals surface area contributed by atoms with E-state index in [4.69, 9.17) is 9.47 Å². The number of nitrogens with zero attached hydrogens (tertiary/aromatic N) is 2. The molecular formula is C14H21BrN2O2. The Morgan fingerprint density at radius 2 is 2.37 bits per heavy atom. The van der Waals surface area contributed by atoms with Crippen LogP contribution in [0.4, 0.5) is 5.82 Å². The Hall–Kier alpha value is -0.810. The zero-order valence-electron chi connectivity index (χ0n) is 11.7. The van der Waals surface area contributed by atoms with Crippen LogP contribution in [0.15, 0.2) is 18.3 Å². The molecule has 0 spiro atoms. The van der Waals surface area contributed by atoms with E-state index in [1.807, 2.05) is 32.2 Å². The molecule has 0 aliphatic carbocycles. The fourth-order valence-electron chi connectivity index (χ4n) is 2.15. The van der Waals surface area contributed by atoms with Gasteiger partial charge >= 0.3 is 0 Å². The predicted molar refractivity (Wildman–Crippen MR) is 80.3 cm³/mol. The molecule has 2 heterocycles. The highest BCUT2D eigenvalue weighted by Crippen LogP contribution is 2.30. The summed E-state index contributed by atoms with van der Waals surface area (Å²) in [4.78, 5) is 6.78. The van der Waals surface area contributed by atoms with Crippen molar-refractivity contribution in [2.24, 2.45) is 0 Å². The van der Waals surface area contributed by atoms with Crippen molar-refractivity contribution in [3.63, 3.8) is 0 Å². The van der Waals surface area contributed by atoms with Gasteiger partial charge in [-0.2, -0.15) is 0 Å². The van der Waals surface area contributed by atoms with Crippen molar-refractivity contribution < 1.29 is 9.47 Å². The number of halogens is 1. The second kappa shape index (κ2) is 6.57. The van der Waals surface area contributed by atoms with Crippen LogP contribution in [-0.4, -0.2) is 41.7 Å². The fraction of sp³-hybridized carbons (Fsp3) is 0.643. The summed E-state index contributed by atoms with van der Waals surface area (Å²) in [6.07, 6.45) is 2.16. The van der Waals surface area contributed by atoms with Crippen molar-refractivity contribution in [3.8, 4) is 5.75 Å². The molecule has 0 N–H and O–H groups in total. The third-order valence-corrected chi connectivity index (χ3v) is 3.79. The summed E-state index contributed by atoms with van der Waals surface area (Å²) < 4.78 is 11.6. The zero-order chi connectivity index (χ0) is 13.8. The van der Waals surface area contributed by atoms with Gasteiger partial charge < -0.3 is 14.4 Å². The van der Waals surface area contributed by atoms with Crippen molar-refractivity contribution in [1.29, 1.82) is 0 Å². The first-order valence-electron chi connectivity index (χ1n) is 6.67. The van der Waals surface area contributed by atoms with E-state index in [1.54, 1.807) is 0 Å². The van der Waals surface area contributed by atoms with Crippen LogP contribution < -0.4 is 9.64 Å². The summed E-state index contributed by atoms with van der Waals surface area (Å²) in [5.74, 6) is 1.76. The van der Waals surface area contributed by atoms with Gasteiger partial charge in [-0.25, -0.2) is 4.98 Å². The first-order chi connectivity index (χ1) is 9.11. The minimum atomic E-state index is 0.145. The molecule has 1 aliphatic rings. The average molecular weight is 329 g/mol. The number of alkyl halides is 1. The highest BCUT2D eigenvalue weighted by molar-refractivity contribution is 9.09. The second-order valence-electron chi connectivity index (χ2n) is 5.10. The van der Waals surface area contributed by atoms with Crippen LogP contribution in [0.25, 0.3) is 0 Å². The lowest BCUT2D eigenvalue weighted by Crippen LogP contribution is -2.49. The fourth-order valence-corrected chi connectivity index (χ4v) is 2.54. The summed E-state index contributed by atoms with van der Waals surface area (Å²) in [6.45, 7) is 7.76. The lowest BCUT2D eigenvalue weighted by atomic mass is 10.2. The highest BCUT2D eigenvalue weighted by atomic mass is 79.9. The van der Waals surface area contributed by atoms with E-state index in [0.29, 0.717) is 12.6 Å². The molecule has 2 rings (SSSR count). The molecule has 4 nitrogen and oxygen atoms in total. The van der Waals surface area contributed by atoms with E-state index in [-0.39, 0.29) is 12.2 Å². The maximum absolute atomic E-state index is 5.86. The molecule has 0 amide bonds. The second-order valence-corrected chi connectivity index (χ2v) is 5.75. The summed E-state index contributed by atoms with van der Waals surface area (Å²) in [7, 11) is 0. The van der Waals surface area contributed by atoms with Crippen LogP contribution in [0.2, 0.25) is 0 Å². The third-order valence-electron chi connectivity index (χ3n) is 3.06. The molecule has 1 fully saturated rings. The van der Waals surface area contributed by atoms with Gasteiger partial charge in [0.15, 0.2) is 11.6 Å². The van der Waals surface area contributed by atoms with E-state index >= 15 is 0 Å². The summed E-state index contributed by atoms with van der Waals surface area (Å²) in [6, 6.07) is 4.20. The van der Waals surface area contributed by atoms with E-state index in [9.17, 15) is 0 Å². The lowest BCUT2D eigenvalue weighted by molar-refractivity contribution is 0.0373. The number of ether oxygens (including phenoxy) is 2. The SMILES string of the molecule is CC(C)Oc1cccnc1N1CC(CBr)OCC1C. The number of rotatable bonds is 4. The molecule has 19 heavy (non-hydrogen) atoms. The minimum Gasteiger partial charge on any atom is -0.487 e. The molecule has 0 aromatic carbocycles. The van der Waals surface area contributed by atoms with Crippen molar-refractivity contribution >= 4 is 21.7 Å². The molecule has 0 bridgehead atoms. The first kappa shape index (κ1) is 14.6. The summed E-state index contributed by atoms with van der Waals surface area (Å²) >= 11 is 3.49. The Morgan fingerprint density at radius 1 is 1.58 bits per heavy atom. The quantitative estimate of drug-likeness (QED) is 0.796.